The normalized spacial score (nSPS) is 11.6. The van der Waals surface area contributed by atoms with Gasteiger partial charge >= 0.3 is 0 Å². The van der Waals surface area contributed by atoms with E-state index in [-0.39, 0.29) is 11.2 Å². The molecule has 0 aliphatic carbocycles. The summed E-state index contributed by atoms with van der Waals surface area (Å²) >= 11 is 10.5. The zero-order valence-corrected chi connectivity index (χ0v) is 15.5. The predicted octanol–water partition coefficient (Wildman–Crippen LogP) is 5.86. The fourth-order valence-electron chi connectivity index (χ4n) is 2.21. The molecule has 20 heavy (non-hydrogen) atoms. The van der Waals surface area contributed by atoms with Crippen LogP contribution in [0.4, 0.5) is 4.39 Å². The van der Waals surface area contributed by atoms with E-state index in [9.17, 15) is 4.39 Å². The summed E-state index contributed by atoms with van der Waals surface area (Å²) in [5.41, 5.74) is 1.78. The lowest BCUT2D eigenvalue weighted by Crippen LogP contribution is -2.33. The summed E-state index contributed by atoms with van der Waals surface area (Å²) in [5, 5.41) is 1.54. The fraction of sp³-hybridized carbons (Fsp3) is 0.250. The van der Waals surface area contributed by atoms with E-state index in [0.29, 0.717) is 6.42 Å². The maximum absolute atomic E-state index is 14.1. The van der Waals surface area contributed by atoms with Gasteiger partial charge in [-0.05, 0) is 29.7 Å². The van der Waals surface area contributed by atoms with Gasteiger partial charge in [0.15, 0.2) is 0 Å². The molecule has 2 rings (SSSR count). The number of alkyl halides is 2. The van der Waals surface area contributed by atoms with Gasteiger partial charge in [0, 0.05) is 20.5 Å². The van der Waals surface area contributed by atoms with Crippen molar-refractivity contribution < 1.29 is 4.39 Å². The van der Waals surface area contributed by atoms with Crippen molar-refractivity contribution in [3.8, 4) is 0 Å². The molecule has 0 heterocycles. The third-order valence-corrected chi connectivity index (χ3v) is 6.08. The van der Waals surface area contributed by atoms with Crippen LogP contribution >= 0.6 is 47.8 Å². The number of rotatable bonds is 5. The van der Waals surface area contributed by atoms with E-state index in [1.54, 1.807) is 0 Å². The molecule has 0 atom stereocenters. The number of hydrogen-bond donors (Lipinski definition) is 0. The van der Waals surface area contributed by atoms with Gasteiger partial charge in [0.25, 0.3) is 0 Å². The van der Waals surface area contributed by atoms with Crippen LogP contribution in [-0.4, -0.2) is 10.7 Å². The molecule has 2 aromatic rings. The Balaban J connectivity index is 2.39. The van der Waals surface area contributed by atoms with Crippen molar-refractivity contribution in [2.24, 2.45) is 0 Å². The molecule has 106 valence electrons. The lowest BCUT2D eigenvalue weighted by Gasteiger charge is -2.31. The van der Waals surface area contributed by atoms with E-state index in [4.69, 9.17) is 0 Å². The van der Waals surface area contributed by atoms with Crippen LogP contribution in [-0.2, 0) is 11.8 Å². The van der Waals surface area contributed by atoms with Crippen LogP contribution in [0.25, 0.3) is 0 Å². The molecule has 0 aromatic heterocycles. The fourth-order valence-corrected chi connectivity index (χ4v) is 4.51. The van der Waals surface area contributed by atoms with Crippen LogP contribution in [0.5, 0.6) is 0 Å². The zero-order chi connectivity index (χ0) is 14.6. The molecule has 0 N–H and O–H groups in total. The SMILES string of the molecule is Fc1cc(Br)ccc1CC(CBr)(CBr)c1ccccc1. The van der Waals surface area contributed by atoms with E-state index in [2.05, 4.69) is 59.9 Å². The Morgan fingerprint density at radius 3 is 2.15 bits per heavy atom. The van der Waals surface area contributed by atoms with E-state index in [0.717, 1.165) is 20.7 Å². The Bertz CT molecular complexity index is 565. The van der Waals surface area contributed by atoms with Crippen LogP contribution in [0.3, 0.4) is 0 Å². The van der Waals surface area contributed by atoms with Gasteiger partial charge in [0.05, 0.1) is 0 Å². The van der Waals surface area contributed by atoms with Gasteiger partial charge < -0.3 is 0 Å². The second-order valence-corrected chi connectivity index (χ2v) is 6.86. The van der Waals surface area contributed by atoms with Gasteiger partial charge in [-0.2, -0.15) is 0 Å². The molecule has 0 aliphatic rings. The first-order valence-corrected chi connectivity index (χ1v) is 9.26. The lowest BCUT2D eigenvalue weighted by molar-refractivity contribution is 0.522. The van der Waals surface area contributed by atoms with Gasteiger partial charge in [0.2, 0.25) is 0 Å². The molecule has 0 bridgehead atoms. The van der Waals surface area contributed by atoms with Gasteiger partial charge in [-0.25, -0.2) is 4.39 Å². The van der Waals surface area contributed by atoms with Crippen LogP contribution in [0.15, 0.2) is 53.0 Å². The first-order chi connectivity index (χ1) is 9.61. The summed E-state index contributed by atoms with van der Waals surface area (Å²) in [4.78, 5) is 0. The standard InChI is InChI=1S/C16H14Br3F/c17-10-16(11-18,13-4-2-1-3-5-13)9-12-6-7-14(19)8-15(12)20/h1-8H,9-11H2. The maximum Gasteiger partial charge on any atom is 0.127 e. The third-order valence-electron chi connectivity index (χ3n) is 3.44. The summed E-state index contributed by atoms with van der Waals surface area (Å²) < 4.78 is 14.9. The van der Waals surface area contributed by atoms with Crippen molar-refractivity contribution in [3.63, 3.8) is 0 Å². The maximum atomic E-state index is 14.1. The Morgan fingerprint density at radius 1 is 0.950 bits per heavy atom. The highest BCUT2D eigenvalue weighted by Gasteiger charge is 2.31. The highest BCUT2D eigenvalue weighted by molar-refractivity contribution is 9.10. The molecule has 0 amide bonds. The second kappa shape index (κ2) is 7.19. The van der Waals surface area contributed by atoms with Crippen molar-refractivity contribution in [3.05, 3.63) is 69.9 Å². The summed E-state index contributed by atoms with van der Waals surface area (Å²) in [6, 6.07) is 15.5. The van der Waals surface area contributed by atoms with Crippen molar-refractivity contribution in [2.45, 2.75) is 11.8 Å². The van der Waals surface area contributed by atoms with Gasteiger partial charge in [-0.15, -0.1) is 0 Å². The van der Waals surface area contributed by atoms with E-state index < -0.39 is 0 Å². The largest absolute Gasteiger partial charge is 0.207 e. The zero-order valence-electron chi connectivity index (χ0n) is 10.8. The Hall–Kier alpha value is -0.190. The van der Waals surface area contributed by atoms with Crippen molar-refractivity contribution in [1.82, 2.24) is 0 Å². The smallest absolute Gasteiger partial charge is 0.127 e. The molecule has 0 saturated heterocycles. The molecular formula is C16H14Br3F. The van der Waals surface area contributed by atoms with Crippen LogP contribution in [0, 0.1) is 5.82 Å². The van der Waals surface area contributed by atoms with Crippen molar-refractivity contribution in [2.75, 3.05) is 10.7 Å². The van der Waals surface area contributed by atoms with Gasteiger partial charge in [-0.1, -0.05) is 84.2 Å². The molecule has 2 aromatic carbocycles. The summed E-state index contributed by atoms with van der Waals surface area (Å²) in [5.74, 6) is -0.165. The molecule has 0 saturated carbocycles. The lowest BCUT2D eigenvalue weighted by atomic mass is 9.79. The molecule has 0 radical (unpaired) electrons. The predicted molar refractivity (Wildman–Crippen MR) is 93.5 cm³/mol. The Labute approximate surface area is 144 Å². The Morgan fingerprint density at radius 2 is 1.60 bits per heavy atom. The van der Waals surface area contributed by atoms with E-state index in [1.165, 1.54) is 11.6 Å². The topological polar surface area (TPSA) is 0 Å². The van der Waals surface area contributed by atoms with E-state index in [1.807, 2.05) is 30.3 Å². The monoisotopic (exact) mass is 462 g/mol. The first kappa shape index (κ1) is 16.2. The molecule has 0 spiro atoms. The first-order valence-electron chi connectivity index (χ1n) is 6.23. The molecule has 0 aliphatic heterocycles. The molecular weight excluding hydrogens is 451 g/mol. The van der Waals surface area contributed by atoms with Crippen molar-refractivity contribution in [1.29, 1.82) is 0 Å². The van der Waals surface area contributed by atoms with Crippen LogP contribution in [0.1, 0.15) is 11.1 Å². The highest BCUT2D eigenvalue weighted by atomic mass is 79.9. The number of benzene rings is 2. The van der Waals surface area contributed by atoms with E-state index >= 15 is 0 Å². The minimum absolute atomic E-state index is 0.157. The summed E-state index contributed by atoms with van der Waals surface area (Å²) in [6.07, 6.45) is 0.645. The van der Waals surface area contributed by atoms with Gasteiger partial charge in [0.1, 0.15) is 5.82 Å². The second-order valence-electron chi connectivity index (χ2n) is 4.83. The van der Waals surface area contributed by atoms with Crippen LogP contribution < -0.4 is 0 Å². The highest BCUT2D eigenvalue weighted by Crippen LogP contribution is 2.33. The third kappa shape index (κ3) is 3.52. The van der Waals surface area contributed by atoms with Crippen LogP contribution in [0.2, 0.25) is 0 Å². The number of hydrogen-bond acceptors (Lipinski definition) is 0. The Kier molecular flexibility index (Phi) is 5.82. The van der Waals surface area contributed by atoms with Gasteiger partial charge in [-0.3, -0.25) is 0 Å². The van der Waals surface area contributed by atoms with Crippen molar-refractivity contribution >= 4 is 47.8 Å². The summed E-state index contributed by atoms with van der Waals surface area (Å²) in [6.45, 7) is 0. The molecule has 4 heteroatoms. The average molecular weight is 465 g/mol. The summed E-state index contributed by atoms with van der Waals surface area (Å²) in [7, 11) is 0. The molecule has 0 unspecified atom stereocenters. The molecule has 0 fully saturated rings. The minimum Gasteiger partial charge on any atom is -0.207 e. The quantitative estimate of drug-likeness (QED) is 0.486. The molecule has 0 nitrogen and oxygen atoms in total. The minimum atomic E-state index is -0.165. The average Bonchev–Trinajstić information content (AvgIpc) is 2.48. The number of halogens is 4.